The Balaban J connectivity index is 1.25. The Morgan fingerprint density at radius 2 is 1.86 bits per heavy atom. The van der Waals surface area contributed by atoms with Crippen molar-refractivity contribution in [1.29, 1.82) is 0 Å². The van der Waals surface area contributed by atoms with Crippen LogP contribution in [-0.2, 0) is 4.79 Å². The molecular weight excluding hydrogens is 450 g/mol. The van der Waals surface area contributed by atoms with Crippen molar-refractivity contribution >= 4 is 22.4 Å². The summed E-state index contributed by atoms with van der Waals surface area (Å²) in [5.74, 6) is 1.12. The molecule has 36 heavy (non-hydrogen) atoms. The number of benzene rings is 3. The largest absolute Gasteiger partial charge is 0.508 e. The molecule has 4 aromatic rings. The Hall–Kier alpha value is -4.03. The molecule has 0 bridgehead atoms. The predicted molar refractivity (Wildman–Crippen MR) is 143 cm³/mol. The van der Waals surface area contributed by atoms with Crippen LogP contribution in [0.25, 0.3) is 16.5 Å². The predicted octanol–water partition coefficient (Wildman–Crippen LogP) is 4.92. The summed E-state index contributed by atoms with van der Waals surface area (Å²) in [5.41, 5.74) is 5.75. The number of rotatable bonds is 8. The van der Waals surface area contributed by atoms with Crippen LogP contribution in [0.5, 0.6) is 11.5 Å². The molecule has 5 rings (SSSR count). The van der Waals surface area contributed by atoms with Crippen molar-refractivity contribution in [3.8, 4) is 11.5 Å². The van der Waals surface area contributed by atoms with Gasteiger partial charge in [0, 0.05) is 42.7 Å². The summed E-state index contributed by atoms with van der Waals surface area (Å²) in [6.07, 6.45) is 5.10. The third kappa shape index (κ3) is 5.29. The van der Waals surface area contributed by atoms with Gasteiger partial charge >= 0.3 is 0 Å². The van der Waals surface area contributed by atoms with Gasteiger partial charge in [-0.2, -0.15) is 0 Å². The molecule has 1 atom stereocenters. The normalized spacial score (nSPS) is 14.9. The number of aromatic nitrogens is 1. The van der Waals surface area contributed by atoms with Crippen molar-refractivity contribution in [3.05, 3.63) is 102 Å². The maximum Gasteiger partial charge on any atom is 0.234 e. The zero-order valence-electron chi connectivity index (χ0n) is 20.4. The fraction of sp³-hybridized carbons (Fsp3) is 0.233. The highest BCUT2D eigenvalue weighted by Crippen LogP contribution is 2.31. The first-order valence-corrected chi connectivity index (χ1v) is 12.3. The number of aromatic hydroxyl groups is 1. The summed E-state index contributed by atoms with van der Waals surface area (Å²) in [6.45, 7) is 2.43. The van der Waals surface area contributed by atoms with Gasteiger partial charge in [0.05, 0.1) is 13.7 Å². The van der Waals surface area contributed by atoms with E-state index in [1.165, 1.54) is 5.57 Å². The minimum atomic E-state index is 0.0124. The van der Waals surface area contributed by atoms with E-state index in [9.17, 15) is 9.90 Å². The Morgan fingerprint density at radius 3 is 2.58 bits per heavy atom. The molecular formula is C30H31N3O3. The number of H-pyrrole nitrogens is 1. The smallest absolute Gasteiger partial charge is 0.234 e. The number of phenolic OH excluding ortho intramolecular Hbond substituents is 1. The molecule has 0 unspecified atom stereocenters. The molecule has 0 spiro atoms. The van der Waals surface area contributed by atoms with Gasteiger partial charge in [-0.15, -0.1) is 0 Å². The molecule has 0 fully saturated rings. The molecule has 1 aromatic heterocycles. The molecule has 0 saturated heterocycles. The lowest BCUT2D eigenvalue weighted by Crippen LogP contribution is -2.40. The molecule has 1 aliphatic rings. The SMILES string of the molecule is COc1ccc([C@H](CNC(=O)CN2CC=C(c3ccc(O)cc3)CC2)c2c[nH]c3ccccc23)cc1. The van der Waals surface area contributed by atoms with Gasteiger partial charge in [-0.1, -0.05) is 48.5 Å². The van der Waals surface area contributed by atoms with Gasteiger partial charge in [0.25, 0.3) is 0 Å². The Bertz CT molecular complexity index is 1360. The fourth-order valence-electron chi connectivity index (χ4n) is 4.89. The zero-order chi connectivity index (χ0) is 24.9. The lowest BCUT2D eigenvalue weighted by atomic mass is 9.90. The minimum absolute atomic E-state index is 0.0124. The van der Waals surface area contributed by atoms with Crippen molar-refractivity contribution in [2.24, 2.45) is 0 Å². The quantitative estimate of drug-likeness (QED) is 0.334. The maximum atomic E-state index is 12.9. The monoisotopic (exact) mass is 481 g/mol. The first-order chi connectivity index (χ1) is 17.6. The number of carbonyl (C=O) groups excluding carboxylic acids is 1. The van der Waals surface area contributed by atoms with Crippen LogP contribution in [0, 0.1) is 0 Å². The third-order valence-electron chi connectivity index (χ3n) is 6.92. The van der Waals surface area contributed by atoms with Crippen molar-refractivity contribution in [2.75, 3.05) is 33.3 Å². The molecule has 184 valence electrons. The summed E-state index contributed by atoms with van der Waals surface area (Å²) in [7, 11) is 1.66. The lowest BCUT2D eigenvalue weighted by Gasteiger charge is -2.26. The molecule has 1 amide bonds. The van der Waals surface area contributed by atoms with Gasteiger partial charge in [-0.25, -0.2) is 0 Å². The average molecular weight is 482 g/mol. The summed E-state index contributed by atoms with van der Waals surface area (Å²) in [4.78, 5) is 18.5. The van der Waals surface area contributed by atoms with E-state index in [0.717, 1.165) is 52.9 Å². The summed E-state index contributed by atoms with van der Waals surface area (Å²) in [6, 6.07) is 23.6. The van der Waals surface area contributed by atoms with Crippen molar-refractivity contribution < 1.29 is 14.6 Å². The first-order valence-electron chi connectivity index (χ1n) is 12.3. The maximum absolute atomic E-state index is 12.9. The molecule has 3 aromatic carbocycles. The molecule has 3 N–H and O–H groups in total. The minimum Gasteiger partial charge on any atom is -0.508 e. The molecule has 0 saturated carbocycles. The van der Waals surface area contributed by atoms with Crippen LogP contribution >= 0.6 is 0 Å². The van der Waals surface area contributed by atoms with Crippen LogP contribution in [0.4, 0.5) is 0 Å². The summed E-state index contributed by atoms with van der Waals surface area (Å²) >= 11 is 0. The number of ether oxygens (including phenoxy) is 1. The average Bonchev–Trinajstić information content (AvgIpc) is 3.34. The van der Waals surface area contributed by atoms with Crippen molar-refractivity contribution in [1.82, 2.24) is 15.2 Å². The number of methoxy groups -OCH3 is 1. The Labute approximate surface area is 211 Å². The number of nitrogens with one attached hydrogen (secondary N) is 2. The van der Waals surface area contributed by atoms with Crippen LogP contribution in [0.15, 0.2) is 85.1 Å². The molecule has 0 aliphatic carbocycles. The number of hydrogen-bond donors (Lipinski definition) is 3. The van der Waals surface area contributed by atoms with Gasteiger partial charge in [-0.3, -0.25) is 9.69 Å². The second kappa shape index (κ2) is 10.7. The van der Waals surface area contributed by atoms with Gasteiger partial charge in [0.15, 0.2) is 0 Å². The van der Waals surface area contributed by atoms with E-state index in [-0.39, 0.29) is 17.6 Å². The number of para-hydroxylation sites is 1. The van der Waals surface area contributed by atoms with E-state index in [1.807, 2.05) is 42.6 Å². The number of phenols is 1. The topological polar surface area (TPSA) is 77.6 Å². The Morgan fingerprint density at radius 1 is 1.08 bits per heavy atom. The number of amides is 1. The number of aromatic amines is 1. The van der Waals surface area contributed by atoms with Crippen LogP contribution < -0.4 is 10.1 Å². The number of nitrogens with zero attached hydrogens (tertiary/aromatic N) is 1. The fourth-order valence-corrected chi connectivity index (χ4v) is 4.89. The van der Waals surface area contributed by atoms with Gasteiger partial charge in [0.1, 0.15) is 11.5 Å². The highest BCUT2D eigenvalue weighted by atomic mass is 16.5. The van der Waals surface area contributed by atoms with Crippen molar-refractivity contribution in [3.63, 3.8) is 0 Å². The van der Waals surface area contributed by atoms with Gasteiger partial charge in [-0.05, 0) is 59.0 Å². The molecule has 6 heteroatoms. The molecule has 2 heterocycles. The third-order valence-corrected chi connectivity index (χ3v) is 6.92. The highest BCUT2D eigenvalue weighted by Gasteiger charge is 2.21. The van der Waals surface area contributed by atoms with E-state index < -0.39 is 0 Å². The first kappa shape index (κ1) is 23.7. The summed E-state index contributed by atoms with van der Waals surface area (Å²) in [5, 5.41) is 13.9. The van der Waals surface area contributed by atoms with E-state index >= 15 is 0 Å². The van der Waals surface area contributed by atoms with E-state index in [1.54, 1.807) is 19.2 Å². The standard InChI is InChI=1S/C30H31N3O3/c1-36-25-12-8-23(9-13-25)27(28-19-31-29-5-3-2-4-26(28)29)18-32-30(35)20-33-16-14-22(15-17-33)21-6-10-24(34)11-7-21/h2-14,19,27,31,34H,15-18,20H2,1H3,(H,32,35)/t27-/m0/s1. The van der Waals surface area contributed by atoms with Crippen LogP contribution in [0.1, 0.15) is 29.0 Å². The second-order valence-corrected chi connectivity index (χ2v) is 9.18. The molecule has 6 nitrogen and oxygen atoms in total. The number of fused-ring (bicyclic) bond motifs is 1. The summed E-state index contributed by atoms with van der Waals surface area (Å²) < 4.78 is 5.34. The van der Waals surface area contributed by atoms with Crippen LogP contribution in [0.3, 0.4) is 0 Å². The second-order valence-electron chi connectivity index (χ2n) is 9.18. The van der Waals surface area contributed by atoms with Gasteiger partial charge in [0.2, 0.25) is 5.91 Å². The van der Waals surface area contributed by atoms with E-state index in [0.29, 0.717) is 13.1 Å². The lowest BCUT2D eigenvalue weighted by molar-refractivity contribution is -0.122. The number of hydrogen-bond acceptors (Lipinski definition) is 4. The van der Waals surface area contributed by atoms with Crippen LogP contribution in [-0.4, -0.2) is 54.2 Å². The van der Waals surface area contributed by atoms with E-state index in [4.69, 9.17) is 4.74 Å². The van der Waals surface area contributed by atoms with Crippen LogP contribution in [0.2, 0.25) is 0 Å². The van der Waals surface area contributed by atoms with E-state index in [2.05, 4.69) is 45.5 Å². The van der Waals surface area contributed by atoms with Crippen molar-refractivity contribution in [2.45, 2.75) is 12.3 Å². The molecule has 1 aliphatic heterocycles. The zero-order valence-corrected chi connectivity index (χ0v) is 20.4. The van der Waals surface area contributed by atoms with Gasteiger partial charge < -0.3 is 20.1 Å². The number of carbonyl (C=O) groups is 1. The Kier molecular flexibility index (Phi) is 7.05. The molecule has 0 radical (unpaired) electrons. The highest BCUT2D eigenvalue weighted by molar-refractivity contribution is 5.84.